The second kappa shape index (κ2) is 7.92. The molecule has 0 unspecified atom stereocenters. The minimum atomic E-state index is -0.669. The van der Waals surface area contributed by atoms with E-state index in [2.05, 4.69) is 4.98 Å². The lowest BCUT2D eigenvalue weighted by Gasteiger charge is -2.35. The third kappa shape index (κ3) is 4.66. The van der Waals surface area contributed by atoms with Crippen LogP contribution in [0.2, 0.25) is 0 Å². The zero-order chi connectivity index (χ0) is 17.9. The maximum atomic E-state index is 12.0. The summed E-state index contributed by atoms with van der Waals surface area (Å²) in [5.74, 6) is -0.964. The van der Waals surface area contributed by atoms with Crippen LogP contribution in [0.25, 0.3) is 0 Å². The fraction of sp³-hybridized carbons (Fsp3) is 0.571. The highest BCUT2D eigenvalue weighted by atomic mass is 127. The van der Waals surface area contributed by atoms with Gasteiger partial charge in [0.1, 0.15) is 18.8 Å². The van der Waals surface area contributed by atoms with Crippen molar-refractivity contribution in [2.45, 2.75) is 38.5 Å². The van der Waals surface area contributed by atoms with E-state index in [1.807, 2.05) is 22.6 Å². The lowest BCUT2D eigenvalue weighted by atomic mass is 10.0. The van der Waals surface area contributed by atoms with Gasteiger partial charge in [0.15, 0.2) is 0 Å². The molecule has 0 saturated carbocycles. The maximum Gasteiger partial charge on any atom is 0.328 e. The number of hydrogen-bond donors (Lipinski definition) is 1. The summed E-state index contributed by atoms with van der Waals surface area (Å²) in [6, 6.07) is -0.416. The molecule has 1 N–H and O–H groups in total. The molecular weight excluding hydrogens is 435 g/mol. The van der Waals surface area contributed by atoms with Gasteiger partial charge in [0.25, 0.3) is 5.56 Å². The van der Waals surface area contributed by atoms with Gasteiger partial charge in [-0.1, -0.05) is 0 Å². The molecule has 132 valence electrons. The van der Waals surface area contributed by atoms with Gasteiger partial charge in [-0.05, 0) is 22.6 Å². The van der Waals surface area contributed by atoms with Crippen LogP contribution >= 0.6 is 22.6 Å². The first-order valence-electron chi connectivity index (χ1n) is 7.21. The van der Waals surface area contributed by atoms with Gasteiger partial charge >= 0.3 is 17.6 Å². The van der Waals surface area contributed by atoms with Crippen LogP contribution in [0.3, 0.4) is 0 Å². The molecule has 1 aliphatic rings. The SMILES string of the molecule is CC(=O)OC[C@H]1OC[C@@H](n2cc(I)c(=O)[nH]c2=O)C[C@@H]1OC(C)=O. The van der Waals surface area contributed by atoms with Crippen molar-refractivity contribution in [3.63, 3.8) is 0 Å². The zero-order valence-electron chi connectivity index (χ0n) is 13.1. The van der Waals surface area contributed by atoms with E-state index in [0.29, 0.717) is 9.99 Å². The molecule has 1 fully saturated rings. The van der Waals surface area contributed by atoms with Gasteiger partial charge < -0.3 is 14.2 Å². The standard InChI is InChI=1S/C14H17IN2O7/c1-7(18)22-6-12-11(24-8(2)19)3-9(5-23-12)17-4-10(15)13(20)16-14(17)21/h4,9,11-12H,3,5-6H2,1-2H3,(H,16,20,21)/t9-,11-,12+/m0/s1. The number of carbonyl (C=O) groups is 2. The van der Waals surface area contributed by atoms with Gasteiger partial charge in [-0.25, -0.2) is 4.79 Å². The molecule has 3 atom stereocenters. The highest BCUT2D eigenvalue weighted by molar-refractivity contribution is 14.1. The Kier molecular flexibility index (Phi) is 6.15. The summed E-state index contributed by atoms with van der Waals surface area (Å²) in [5, 5.41) is 0. The van der Waals surface area contributed by atoms with Crippen LogP contribution < -0.4 is 11.2 Å². The number of aromatic nitrogens is 2. The van der Waals surface area contributed by atoms with Gasteiger partial charge in [0.2, 0.25) is 0 Å². The number of esters is 2. The normalized spacial score (nSPS) is 23.5. The van der Waals surface area contributed by atoms with E-state index < -0.39 is 41.4 Å². The van der Waals surface area contributed by atoms with E-state index >= 15 is 0 Å². The first-order chi connectivity index (χ1) is 11.3. The summed E-state index contributed by atoms with van der Waals surface area (Å²) >= 11 is 1.83. The molecule has 0 aromatic carbocycles. The first-order valence-corrected chi connectivity index (χ1v) is 8.29. The monoisotopic (exact) mass is 452 g/mol. The van der Waals surface area contributed by atoms with E-state index in [0.717, 1.165) is 0 Å². The molecule has 0 spiro atoms. The van der Waals surface area contributed by atoms with Crippen molar-refractivity contribution < 1.29 is 23.8 Å². The third-order valence-electron chi connectivity index (χ3n) is 3.51. The van der Waals surface area contributed by atoms with Crippen molar-refractivity contribution in [2.24, 2.45) is 0 Å². The molecular formula is C14H17IN2O7. The minimum Gasteiger partial charge on any atom is -0.463 e. The molecule has 9 nitrogen and oxygen atoms in total. The Morgan fingerprint density at radius 1 is 1.38 bits per heavy atom. The van der Waals surface area contributed by atoms with E-state index in [4.69, 9.17) is 14.2 Å². The zero-order valence-corrected chi connectivity index (χ0v) is 15.3. The van der Waals surface area contributed by atoms with Crippen molar-refractivity contribution in [3.8, 4) is 0 Å². The van der Waals surface area contributed by atoms with Crippen molar-refractivity contribution in [1.29, 1.82) is 0 Å². The van der Waals surface area contributed by atoms with E-state index in [1.54, 1.807) is 0 Å². The van der Waals surface area contributed by atoms with Crippen LogP contribution in [0.15, 0.2) is 15.8 Å². The van der Waals surface area contributed by atoms with Gasteiger partial charge in [0, 0.05) is 26.5 Å². The Hall–Kier alpha value is -1.69. The summed E-state index contributed by atoms with van der Waals surface area (Å²) < 4.78 is 17.5. The number of H-pyrrole nitrogens is 1. The van der Waals surface area contributed by atoms with Crippen LogP contribution in [-0.2, 0) is 23.8 Å². The second-order valence-corrected chi connectivity index (χ2v) is 6.52. The van der Waals surface area contributed by atoms with Crippen LogP contribution in [0.1, 0.15) is 26.3 Å². The van der Waals surface area contributed by atoms with Gasteiger partial charge in [-0.15, -0.1) is 0 Å². The number of carbonyl (C=O) groups excluding carboxylic acids is 2. The topological polar surface area (TPSA) is 117 Å². The van der Waals surface area contributed by atoms with E-state index in [1.165, 1.54) is 24.6 Å². The van der Waals surface area contributed by atoms with Crippen LogP contribution in [0.4, 0.5) is 0 Å². The molecule has 1 aromatic rings. The fourth-order valence-corrected chi connectivity index (χ4v) is 2.88. The molecule has 2 rings (SSSR count). The van der Waals surface area contributed by atoms with E-state index in [-0.39, 0.29) is 13.2 Å². The molecule has 0 amide bonds. The Balaban J connectivity index is 2.20. The van der Waals surface area contributed by atoms with Crippen LogP contribution in [-0.4, -0.2) is 46.9 Å². The number of hydrogen-bond acceptors (Lipinski definition) is 7. The molecule has 0 radical (unpaired) electrons. The summed E-state index contributed by atoms with van der Waals surface area (Å²) in [6.45, 7) is 2.65. The minimum absolute atomic E-state index is 0.0436. The highest BCUT2D eigenvalue weighted by Gasteiger charge is 2.35. The smallest absolute Gasteiger partial charge is 0.328 e. The summed E-state index contributed by atoms with van der Waals surface area (Å²) in [6.07, 6.45) is 0.462. The van der Waals surface area contributed by atoms with Crippen LogP contribution in [0, 0.1) is 3.57 Å². The average molecular weight is 452 g/mol. The average Bonchev–Trinajstić information content (AvgIpc) is 2.49. The van der Waals surface area contributed by atoms with Gasteiger partial charge in [-0.2, -0.15) is 0 Å². The molecule has 24 heavy (non-hydrogen) atoms. The largest absolute Gasteiger partial charge is 0.463 e. The van der Waals surface area contributed by atoms with Crippen molar-refractivity contribution >= 4 is 34.5 Å². The number of halogens is 1. The Morgan fingerprint density at radius 3 is 2.71 bits per heavy atom. The fourth-order valence-electron chi connectivity index (χ4n) is 2.45. The Morgan fingerprint density at radius 2 is 2.08 bits per heavy atom. The van der Waals surface area contributed by atoms with Gasteiger partial charge in [-0.3, -0.25) is 23.9 Å². The predicted molar refractivity (Wildman–Crippen MR) is 89.6 cm³/mol. The molecule has 1 saturated heterocycles. The molecule has 1 aromatic heterocycles. The third-order valence-corrected chi connectivity index (χ3v) is 4.28. The lowest BCUT2D eigenvalue weighted by Crippen LogP contribution is -2.47. The highest BCUT2D eigenvalue weighted by Crippen LogP contribution is 2.25. The van der Waals surface area contributed by atoms with Crippen molar-refractivity contribution in [1.82, 2.24) is 9.55 Å². The molecule has 0 bridgehead atoms. The number of ether oxygens (including phenoxy) is 3. The number of nitrogens with one attached hydrogen (secondary N) is 1. The maximum absolute atomic E-state index is 12.0. The first kappa shape index (κ1) is 18.6. The summed E-state index contributed by atoms with van der Waals surface area (Å²) in [5.41, 5.74) is -1.02. The van der Waals surface area contributed by atoms with Crippen molar-refractivity contribution in [3.05, 3.63) is 30.6 Å². The molecule has 10 heteroatoms. The molecule has 0 aliphatic carbocycles. The number of nitrogens with zero attached hydrogens (tertiary/aromatic N) is 1. The quantitative estimate of drug-likeness (QED) is 0.504. The summed E-state index contributed by atoms with van der Waals surface area (Å²) in [4.78, 5) is 47.9. The van der Waals surface area contributed by atoms with Crippen LogP contribution in [0.5, 0.6) is 0 Å². The molecule has 1 aliphatic heterocycles. The lowest BCUT2D eigenvalue weighted by molar-refractivity contribution is -0.174. The van der Waals surface area contributed by atoms with Gasteiger partial charge in [0.05, 0.1) is 16.2 Å². The summed E-state index contributed by atoms with van der Waals surface area (Å²) in [7, 11) is 0. The predicted octanol–water partition coefficient (Wildman–Crippen LogP) is -0.0340. The van der Waals surface area contributed by atoms with E-state index in [9.17, 15) is 19.2 Å². The number of aromatic amines is 1. The Labute approximate surface area is 150 Å². The second-order valence-electron chi connectivity index (χ2n) is 5.36. The Bertz CT molecular complexity index is 741. The molecule has 2 heterocycles. The van der Waals surface area contributed by atoms with Crippen molar-refractivity contribution in [2.75, 3.05) is 13.2 Å². The number of rotatable bonds is 4.